The maximum atomic E-state index is 12.3. The third-order valence-electron chi connectivity index (χ3n) is 3.26. The second-order valence-corrected chi connectivity index (χ2v) is 6.56. The minimum atomic E-state index is -3.61. The number of hydrogen-bond donors (Lipinski definition) is 2. The molecule has 0 aliphatic rings. The van der Waals surface area contributed by atoms with Crippen LogP contribution in [0.3, 0.4) is 0 Å². The molecule has 2 heterocycles. The first-order valence-corrected chi connectivity index (χ1v) is 8.22. The molecule has 0 saturated carbocycles. The zero-order chi connectivity index (χ0) is 15.5. The number of sulfonamides is 1. The smallest absolute Gasteiger partial charge is 0.242 e. The van der Waals surface area contributed by atoms with E-state index in [9.17, 15) is 13.5 Å². The Labute approximate surface area is 124 Å². The Morgan fingerprint density at radius 1 is 1.38 bits per heavy atom. The van der Waals surface area contributed by atoms with Crippen LogP contribution in [-0.4, -0.2) is 27.9 Å². The van der Waals surface area contributed by atoms with Gasteiger partial charge in [-0.3, -0.25) is 4.68 Å². The summed E-state index contributed by atoms with van der Waals surface area (Å²) in [4.78, 5) is 0.169. The van der Waals surface area contributed by atoms with Gasteiger partial charge in [0.2, 0.25) is 10.0 Å². The third kappa shape index (κ3) is 3.52. The number of aliphatic hydroxyl groups excluding tert-OH is 1. The summed E-state index contributed by atoms with van der Waals surface area (Å²) >= 11 is 0. The van der Waals surface area contributed by atoms with E-state index >= 15 is 0 Å². The van der Waals surface area contributed by atoms with E-state index in [1.54, 1.807) is 34.8 Å². The van der Waals surface area contributed by atoms with Crippen LogP contribution in [0.1, 0.15) is 24.7 Å². The average Bonchev–Trinajstić information content (AvgIpc) is 3.04. The molecule has 2 rings (SSSR count). The van der Waals surface area contributed by atoms with E-state index in [1.165, 1.54) is 6.07 Å². The monoisotopic (exact) mass is 312 g/mol. The molecule has 0 amide bonds. The molecular formula is C13H20N4O3S. The van der Waals surface area contributed by atoms with Crippen LogP contribution in [0.5, 0.6) is 0 Å². The molecule has 8 heteroatoms. The van der Waals surface area contributed by atoms with Gasteiger partial charge in [-0.05, 0) is 18.6 Å². The van der Waals surface area contributed by atoms with Crippen molar-refractivity contribution < 1.29 is 13.5 Å². The van der Waals surface area contributed by atoms with Crippen molar-refractivity contribution in [1.82, 2.24) is 19.1 Å². The lowest BCUT2D eigenvalue weighted by molar-refractivity contribution is 0.270. The fraction of sp³-hybridized carbons (Fsp3) is 0.462. The third-order valence-corrected chi connectivity index (χ3v) is 4.63. The van der Waals surface area contributed by atoms with Crippen molar-refractivity contribution in [2.24, 2.45) is 7.05 Å². The molecule has 7 nitrogen and oxygen atoms in total. The highest BCUT2D eigenvalue weighted by Crippen LogP contribution is 2.15. The number of hydrogen-bond acceptors (Lipinski definition) is 4. The molecule has 0 aliphatic heterocycles. The molecule has 0 atom stereocenters. The van der Waals surface area contributed by atoms with Crippen LogP contribution >= 0.6 is 0 Å². The summed E-state index contributed by atoms with van der Waals surface area (Å²) < 4.78 is 30.5. The molecule has 0 radical (unpaired) electrons. The fourth-order valence-electron chi connectivity index (χ4n) is 2.08. The molecular weight excluding hydrogens is 292 g/mol. The first-order valence-electron chi connectivity index (χ1n) is 6.74. The maximum absolute atomic E-state index is 12.3. The van der Waals surface area contributed by atoms with Gasteiger partial charge in [0.1, 0.15) is 0 Å². The van der Waals surface area contributed by atoms with Gasteiger partial charge in [0.15, 0.2) is 0 Å². The van der Waals surface area contributed by atoms with Crippen molar-refractivity contribution in [1.29, 1.82) is 0 Å². The highest BCUT2D eigenvalue weighted by atomic mass is 32.2. The van der Waals surface area contributed by atoms with Gasteiger partial charge in [-0.25, -0.2) is 13.1 Å². The highest BCUT2D eigenvalue weighted by Gasteiger charge is 2.18. The van der Waals surface area contributed by atoms with Crippen LogP contribution in [-0.2, 0) is 36.8 Å². The number of nitrogens with one attached hydrogen (secondary N) is 1. The predicted molar refractivity (Wildman–Crippen MR) is 77.9 cm³/mol. The van der Waals surface area contributed by atoms with Crippen LogP contribution < -0.4 is 4.72 Å². The lowest BCUT2D eigenvalue weighted by atomic mass is 10.4. The van der Waals surface area contributed by atoms with E-state index in [-0.39, 0.29) is 18.0 Å². The second-order valence-electron chi connectivity index (χ2n) is 4.79. The molecule has 2 aromatic rings. The molecule has 0 aromatic carbocycles. The number of rotatable bonds is 7. The SMILES string of the molecule is CCCn1cc(S(=O)(=O)NCc2ccnn2C)cc1CO. The molecule has 2 aromatic heterocycles. The van der Waals surface area contributed by atoms with Gasteiger partial charge in [-0.2, -0.15) is 5.10 Å². The van der Waals surface area contributed by atoms with E-state index in [2.05, 4.69) is 9.82 Å². The number of aryl methyl sites for hydroxylation is 2. The van der Waals surface area contributed by atoms with Crippen molar-refractivity contribution in [2.75, 3.05) is 0 Å². The van der Waals surface area contributed by atoms with Crippen LogP contribution in [0, 0.1) is 0 Å². The van der Waals surface area contributed by atoms with Gasteiger partial charge >= 0.3 is 0 Å². The molecule has 0 fully saturated rings. The first-order chi connectivity index (χ1) is 9.97. The summed E-state index contributed by atoms with van der Waals surface area (Å²) in [5.41, 5.74) is 1.37. The van der Waals surface area contributed by atoms with Gasteiger partial charge in [0.25, 0.3) is 0 Å². The van der Waals surface area contributed by atoms with Crippen molar-refractivity contribution in [3.63, 3.8) is 0 Å². The Kier molecular flexibility index (Phi) is 4.81. The van der Waals surface area contributed by atoms with Crippen LogP contribution in [0.25, 0.3) is 0 Å². The molecule has 116 valence electrons. The number of aromatic nitrogens is 3. The zero-order valence-electron chi connectivity index (χ0n) is 12.2. The van der Waals surface area contributed by atoms with E-state index in [1.807, 2.05) is 6.92 Å². The minimum absolute atomic E-state index is 0.169. The summed E-state index contributed by atoms with van der Waals surface area (Å²) in [6.07, 6.45) is 4.04. The summed E-state index contributed by atoms with van der Waals surface area (Å²) in [7, 11) is -1.85. The Hall–Kier alpha value is -1.64. The Balaban J connectivity index is 2.17. The van der Waals surface area contributed by atoms with Gasteiger partial charge in [-0.1, -0.05) is 6.92 Å². The van der Waals surface area contributed by atoms with E-state index in [0.717, 1.165) is 12.1 Å². The molecule has 0 aliphatic carbocycles. The van der Waals surface area contributed by atoms with Crippen LogP contribution in [0.2, 0.25) is 0 Å². The first kappa shape index (κ1) is 15.7. The van der Waals surface area contributed by atoms with Gasteiger partial charge in [0, 0.05) is 31.7 Å². The fourth-order valence-corrected chi connectivity index (χ4v) is 3.14. The van der Waals surface area contributed by atoms with Gasteiger partial charge in [-0.15, -0.1) is 0 Å². The molecule has 2 N–H and O–H groups in total. The zero-order valence-corrected chi connectivity index (χ0v) is 13.0. The predicted octanol–water partition coefficient (Wildman–Crippen LogP) is 0.602. The Morgan fingerprint density at radius 3 is 2.71 bits per heavy atom. The number of nitrogens with zero attached hydrogens (tertiary/aromatic N) is 3. The average molecular weight is 312 g/mol. The summed E-state index contributed by atoms with van der Waals surface area (Å²) in [6, 6.07) is 3.26. The van der Waals surface area contributed by atoms with Crippen LogP contribution in [0.15, 0.2) is 29.4 Å². The van der Waals surface area contributed by atoms with Crippen LogP contribution in [0.4, 0.5) is 0 Å². The maximum Gasteiger partial charge on any atom is 0.242 e. The van der Waals surface area contributed by atoms with E-state index < -0.39 is 10.0 Å². The molecule has 0 unspecified atom stereocenters. The van der Waals surface area contributed by atoms with Gasteiger partial charge in [0.05, 0.1) is 23.7 Å². The summed E-state index contributed by atoms with van der Waals surface area (Å²) in [6.45, 7) is 2.66. The largest absolute Gasteiger partial charge is 0.390 e. The van der Waals surface area contributed by atoms with Crippen molar-refractivity contribution >= 4 is 10.0 Å². The van der Waals surface area contributed by atoms with Crippen molar-refractivity contribution in [2.45, 2.75) is 37.9 Å². The normalized spacial score (nSPS) is 12.0. The molecule has 0 saturated heterocycles. The highest BCUT2D eigenvalue weighted by molar-refractivity contribution is 7.89. The second kappa shape index (κ2) is 6.42. The van der Waals surface area contributed by atoms with E-state index in [4.69, 9.17) is 0 Å². The van der Waals surface area contributed by atoms with Crippen molar-refractivity contribution in [3.8, 4) is 0 Å². The standard InChI is InChI=1S/C13H20N4O3S/c1-3-6-17-9-13(7-12(17)10-18)21(19,20)15-8-11-4-5-14-16(11)2/h4-5,7,9,15,18H,3,6,8,10H2,1-2H3. The lowest BCUT2D eigenvalue weighted by Crippen LogP contribution is -2.24. The molecule has 21 heavy (non-hydrogen) atoms. The van der Waals surface area contributed by atoms with Gasteiger partial charge < -0.3 is 9.67 Å². The summed E-state index contributed by atoms with van der Waals surface area (Å²) in [5.74, 6) is 0. The number of aliphatic hydroxyl groups is 1. The molecule has 0 bridgehead atoms. The Morgan fingerprint density at radius 2 is 2.14 bits per heavy atom. The Bertz CT molecular complexity index is 703. The van der Waals surface area contributed by atoms with Crippen molar-refractivity contribution in [3.05, 3.63) is 35.9 Å². The quantitative estimate of drug-likeness (QED) is 0.783. The molecule has 0 spiro atoms. The topological polar surface area (TPSA) is 89.2 Å². The van der Waals surface area contributed by atoms with E-state index in [0.29, 0.717) is 12.2 Å². The summed E-state index contributed by atoms with van der Waals surface area (Å²) in [5, 5.41) is 13.3. The lowest BCUT2D eigenvalue weighted by Gasteiger charge is -2.05. The minimum Gasteiger partial charge on any atom is -0.390 e.